The highest BCUT2D eigenvalue weighted by Crippen LogP contribution is 2.25. The van der Waals surface area contributed by atoms with E-state index in [0.717, 1.165) is 16.6 Å². The van der Waals surface area contributed by atoms with Gasteiger partial charge in [-0.3, -0.25) is 4.79 Å². The van der Waals surface area contributed by atoms with Crippen LogP contribution in [0.4, 0.5) is 0 Å². The topological polar surface area (TPSA) is 47.4 Å². The molecule has 0 saturated carbocycles. The molecule has 4 rings (SSSR count). The number of rotatable bonds is 5. The number of hydrogen-bond donors (Lipinski definition) is 0. The van der Waals surface area contributed by atoms with Gasteiger partial charge < -0.3 is 14.2 Å². The zero-order chi connectivity index (χ0) is 19.5. The summed E-state index contributed by atoms with van der Waals surface area (Å²) in [5.74, 6) is 0.818. The van der Waals surface area contributed by atoms with Crippen LogP contribution in [-0.2, 0) is 13.6 Å². The van der Waals surface area contributed by atoms with Crippen LogP contribution in [0.5, 0.6) is 11.6 Å². The lowest BCUT2D eigenvalue weighted by molar-refractivity contribution is 0.0779. The van der Waals surface area contributed by atoms with E-state index >= 15 is 0 Å². The molecule has 5 nitrogen and oxygen atoms in total. The van der Waals surface area contributed by atoms with Gasteiger partial charge in [-0.05, 0) is 41.8 Å². The van der Waals surface area contributed by atoms with E-state index in [2.05, 4.69) is 27.8 Å². The molecule has 0 radical (unpaired) electrons. The lowest BCUT2D eigenvalue weighted by Gasteiger charge is -2.19. The Balaban J connectivity index is 1.58. The van der Waals surface area contributed by atoms with Gasteiger partial charge in [0.05, 0.1) is 6.54 Å². The van der Waals surface area contributed by atoms with E-state index in [-0.39, 0.29) is 5.91 Å². The summed E-state index contributed by atoms with van der Waals surface area (Å²) in [5, 5.41) is 1.16. The number of nitrogens with zero attached hydrogens (tertiary/aromatic N) is 3. The van der Waals surface area contributed by atoms with Crippen molar-refractivity contribution in [2.75, 3.05) is 7.05 Å². The van der Waals surface area contributed by atoms with E-state index in [1.54, 1.807) is 30.3 Å². The molecule has 0 aliphatic heterocycles. The maximum atomic E-state index is 13.1. The van der Waals surface area contributed by atoms with Gasteiger partial charge in [0.15, 0.2) is 0 Å². The number of aryl methyl sites for hydroxylation is 1. The number of para-hydroxylation sites is 2. The van der Waals surface area contributed by atoms with Crippen molar-refractivity contribution < 1.29 is 9.53 Å². The van der Waals surface area contributed by atoms with E-state index < -0.39 is 0 Å². The fourth-order valence-corrected chi connectivity index (χ4v) is 3.25. The Kier molecular flexibility index (Phi) is 4.81. The minimum atomic E-state index is -0.135. The normalized spacial score (nSPS) is 10.8. The van der Waals surface area contributed by atoms with Crippen molar-refractivity contribution >= 4 is 16.8 Å². The van der Waals surface area contributed by atoms with Crippen LogP contribution in [0, 0.1) is 0 Å². The second kappa shape index (κ2) is 7.56. The fourth-order valence-electron chi connectivity index (χ4n) is 3.25. The van der Waals surface area contributed by atoms with Crippen LogP contribution in [0.1, 0.15) is 16.1 Å². The minimum absolute atomic E-state index is 0.135. The van der Waals surface area contributed by atoms with E-state index in [9.17, 15) is 4.79 Å². The SMILES string of the molecule is CN(Cc1cc2ccccc2n1C)C(=O)c1cccnc1Oc1ccccc1. The maximum Gasteiger partial charge on any atom is 0.259 e. The highest BCUT2D eigenvalue weighted by atomic mass is 16.5. The van der Waals surface area contributed by atoms with Gasteiger partial charge in [0.1, 0.15) is 11.3 Å². The molecular weight excluding hydrogens is 350 g/mol. The molecule has 140 valence electrons. The van der Waals surface area contributed by atoms with Gasteiger partial charge in [0, 0.05) is 31.5 Å². The van der Waals surface area contributed by atoms with Gasteiger partial charge >= 0.3 is 0 Å². The second-order valence-corrected chi connectivity index (χ2v) is 6.69. The van der Waals surface area contributed by atoms with Crippen LogP contribution in [0.3, 0.4) is 0 Å². The van der Waals surface area contributed by atoms with Gasteiger partial charge in [-0.25, -0.2) is 4.98 Å². The van der Waals surface area contributed by atoms with Crippen molar-refractivity contribution in [1.82, 2.24) is 14.5 Å². The minimum Gasteiger partial charge on any atom is -0.438 e. The van der Waals surface area contributed by atoms with Gasteiger partial charge in [-0.1, -0.05) is 36.4 Å². The predicted octanol–water partition coefficient (Wildman–Crippen LogP) is 4.64. The summed E-state index contributed by atoms with van der Waals surface area (Å²) in [4.78, 5) is 19.0. The highest BCUT2D eigenvalue weighted by Gasteiger charge is 2.19. The number of pyridine rings is 1. The van der Waals surface area contributed by atoms with Crippen LogP contribution in [-0.4, -0.2) is 27.4 Å². The third-order valence-corrected chi connectivity index (χ3v) is 4.76. The smallest absolute Gasteiger partial charge is 0.259 e. The average Bonchev–Trinajstić information content (AvgIpc) is 3.04. The van der Waals surface area contributed by atoms with E-state index in [1.165, 1.54) is 0 Å². The van der Waals surface area contributed by atoms with Crippen molar-refractivity contribution in [3.8, 4) is 11.6 Å². The summed E-state index contributed by atoms with van der Waals surface area (Å²) in [5.41, 5.74) is 2.65. The van der Waals surface area contributed by atoms with Gasteiger partial charge in [-0.15, -0.1) is 0 Å². The number of benzene rings is 2. The molecule has 0 fully saturated rings. The van der Waals surface area contributed by atoms with Gasteiger partial charge in [0.25, 0.3) is 5.91 Å². The molecule has 0 spiro atoms. The maximum absolute atomic E-state index is 13.1. The first-order valence-corrected chi connectivity index (χ1v) is 9.10. The van der Waals surface area contributed by atoms with Gasteiger partial charge in [-0.2, -0.15) is 0 Å². The largest absolute Gasteiger partial charge is 0.438 e. The molecule has 0 saturated heterocycles. The van der Waals surface area contributed by atoms with Crippen LogP contribution < -0.4 is 4.74 Å². The summed E-state index contributed by atoms with van der Waals surface area (Å²) in [6.07, 6.45) is 1.62. The van der Waals surface area contributed by atoms with Crippen molar-refractivity contribution in [2.24, 2.45) is 7.05 Å². The Morgan fingerprint density at radius 1 is 1.04 bits per heavy atom. The summed E-state index contributed by atoms with van der Waals surface area (Å²) in [6.45, 7) is 0.490. The molecule has 0 unspecified atom stereocenters. The van der Waals surface area contributed by atoms with E-state index in [1.807, 2.05) is 49.5 Å². The van der Waals surface area contributed by atoms with Crippen molar-refractivity contribution in [3.63, 3.8) is 0 Å². The molecule has 2 heterocycles. The molecule has 0 aliphatic rings. The summed E-state index contributed by atoms with van der Waals surface area (Å²) >= 11 is 0. The third-order valence-electron chi connectivity index (χ3n) is 4.76. The third kappa shape index (κ3) is 3.47. The molecule has 28 heavy (non-hydrogen) atoms. The van der Waals surface area contributed by atoms with Crippen molar-refractivity contribution in [3.05, 3.63) is 90.3 Å². The molecule has 1 amide bonds. The Hall–Kier alpha value is -3.60. The summed E-state index contributed by atoms with van der Waals surface area (Å²) < 4.78 is 7.95. The Bertz CT molecular complexity index is 1120. The Morgan fingerprint density at radius 3 is 2.57 bits per heavy atom. The Morgan fingerprint density at radius 2 is 1.79 bits per heavy atom. The molecule has 0 N–H and O–H groups in total. The number of carbonyl (C=O) groups is 1. The quantitative estimate of drug-likeness (QED) is 0.513. The van der Waals surface area contributed by atoms with Crippen LogP contribution in [0.25, 0.3) is 10.9 Å². The highest BCUT2D eigenvalue weighted by molar-refractivity contribution is 5.96. The monoisotopic (exact) mass is 371 g/mol. The first-order chi connectivity index (χ1) is 13.6. The molecular formula is C23H21N3O2. The molecule has 2 aromatic carbocycles. The number of fused-ring (bicyclic) bond motifs is 1. The summed E-state index contributed by atoms with van der Waals surface area (Å²) in [6, 6.07) is 23.1. The standard InChI is InChI=1S/C23H21N3O2/c1-25(16-18-15-17-9-6-7-13-21(17)26(18)2)23(27)20-12-8-14-24-22(20)28-19-10-4-3-5-11-19/h3-15H,16H2,1-2H3. The zero-order valence-electron chi connectivity index (χ0n) is 15.9. The first kappa shape index (κ1) is 17.8. The van der Waals surface area contributed by atoms with E-state index in [4.69, 9.17) is 4.74 Å². The average molecular weight is 371 g/mol. The molecule has 2 aromatic heterocycles. The van der Waals surface area contributed by atoms with Crippen LogP contribution >= 0.6 is 0 Å². The fraction of sp³-hybridized carbons (Fsp3) is 0.130. The zero-order valence-corrected chi connectivity index (χ0v) is 15.9. The molecule has 5 heteroatoms. The van der Waals surface area contributed by atoms with Crippen molar-refractivity contribution in [1.29, 1.82) is 0 Å². The molecule has 0 atom stereocenters. The lowest BCUT2D eigenvalue weighted by atomic mass is 10.2. The number of ether oxygens (including phenoxy) is 1. The first-order valence-electron chi connectivity index (χ1n) is 9.10. The Labute approximate surface area is 163 Å². The molecule has 0 bridgehead atoms. The van der Waals surface area contributed by atoms with Crippen molar-refractivity contribution in [2.45, 2.75) is 6.54 Å². The lowest BCUT2D eigenvalue weighted by Crippen LogP contribution is -2.27. The number of aromatic nitrogens is 2. The number of hydrogen-bond acceptors (Lipinski definition) is 3. The predicted molar refractivity (Wildman–Crippen MR) is 109 cm³/mol. The van der Waals surface area contributed by atoms with Gasteiger partial charge in [0.2, 0.25) is 5.88 Å². The number of carbonyl (C=O) groups excluding carboxylic acids is 1. The molecule has 4 aromatic rings. The summed E-state index contributed by atoms with van der Waals surface area (Å²) in [7, 11) is 3.81. The van der Waals surface area contributed by atoms with Crippen LogP contribution in [0.15, 0.2) is 79.0 Å². The number of amides is 1. The van der Waals surface area contributed by atoms with E-state index in [0.29, 0.717) is 23.7 Å². The molecule has 0 aliphatic carbocycles. The van der Waals surface area contributed by atoms with Crippen LogP contribution in [0.2, 0.25) is 0 Å². The second-order valence-electron chi connectivity index (χ2n) is 6.69.